The van der Waals surface area contributed by atoms with Crippen LogP contribution in [-0.2, 0) is 9.47 Å². The van der Waals surface area contributed by atoms with Gasteiger partial charge in [0, 0.05) is 36.4 Å². The summed E-state index contributed by atoms with van der Waals surface area (Å²) in [6.07, 6.45) is 2.72. The van der Waals surface area contributed by atoms with E-state index in [0.29, 0.717) is 34.8 Å². The summed E-state index contributed by atoms with van der Waals surface area (Å²) in [4.78, 5) is 25.7. The van der Waals surface area contributed by atoms with Crippen LogP contribution in [0.15, 0.2) is 35.1 Å². The number of ether oxygens (including phenoxy) is 2. The lowest BCUT2D eigenvalue weighted by Crippen LogP contribution is -2.54. The molecule has 180 valence electrons. The lowest BCUT2D eigenvalue weighted by molar-refractivity contribution is -0.0313. The number of hydrogen-bond donors (Lipinski definition) is 3. The molecule has 1 aliphatic heterocycles. The van der Waals surface area contributed by atoms with Crippen molar-refractivity contribution in [3.05, 3.63) is 40.7 Å². The molecule has 1 atom stereocenters. The first-order valence-corrected chi connectivity index (χ1v) is 12.2. The summed E-state index contributed by atoms with van der Waals surface area (Å²) < 4.78 is 25.8. The second-order valence-corrected chi connectivity index (χ2v) is 9.62. The first-order chi connectivity index (χ1) is 15.6. The van der Waals surface area contributed by atoms with E-state index in [4.69, 9.17) is 26.8 Å². The number of H-pyrrole nitrogens is 1. The Kier molecular flexibility index (Phi) is 8.40. The fourth-order valence-electron chi connectivity index (χ4n) is 3.23. The number of fused-ring (bicyclic) bond motifs is 1. The number of halogens is 3. The van der Waals surface area contributed by atoms with Crippen LogP contribution >= 0.6 is 34.2 Å². The van der Waals surface area contributed by atoms with Crippen molar-refractivity contribution in [1.29, 1.82) is 0 Å². The summed E-state index contributed by atoms with van der Waals surface area (Å²) in [5.74, 6) is -0.396. The summed E-state index contributed by atoms with van der Waals surface area (Å²) in [7, 11) is 0. The zero-order chi connectivity index (χ0) is 24.2. The Hall–Kier alpha value is -2.12. The summed E-state index contributed by atoms with van der Waals surface area (Å²) in [6.45, 7) is 6.70. The number of rotatable bonds is 6. The van der Waals surface area contributed by atoms with E-state index in [1.165, 1.54) is 6.20 Å². The SMILES string of the molecule is CC(C)(C)OC(=O)N1CCOCC1CNC(/N=C(\N)c1c[nH]c2ncc(Cl)cc12)=C(\F)CI. The van der Waals surface area contributed by atoms with Crippen LogP contribution in [-0.4, -0.2) is 69.2 Å². The van der Waals surface area contributed by atoms with E-state index in [9.17, 15) is 9.18 Å². The van der Waals surface area contributed by atoms with Gasteiger partial charge in [0.15, 0.2) is 11.6 Å². The molecule has 2 aromatic heterocycles. The van der Waals surface area contributed by atoms with Crippen LogP contribution < -0.4 is 11.1 Å². The van der Waals surface area contributed by atoms with Crippen molar-refractivity contribution in [2.24, 2.45) is 10.7 Å². The Labute approximate surface area is 210 Å². The zero-order valence-corrected chi connectivity index (χ0v) is 21.5. The topological polar surface area (TPSA) is 118 Å². The summed E-state index contributed by atoms with van der Waals surface area (Å²) in [5.41, 5.74) is 6.73. The van der Waals surface area contributed by atoms with Crippen LogP contribution in [0.3, 0.4) is 0 Å². The molecule has 0 bridgehead atoms. The normalized spacial score (nSPS) is 18.3. The number of nitrogens with two attached hydrogens (primary N) is 1. The molecule has 0 aromatic carbocycles. The molecule has 1 amide bonds. The first-order valence-electron chi connectivity index (χ1n) is 10.3. The van der Waals surface area contributed by atoms with Crippen molar-refractivity contribution in [3.8, 4) is 0 Å². The van der Waals surface area contributed by atoms with E-state index in [-0.39, 0.29) is 35.3 Å². The van der Waals surface area contributed by atoms with Gasteiger partial charge in [0.25, 0.3) is 0 Å². The average Bonchev–Trinajstić information content (AvgIpc) is 3.18. The fourth-order valence-corrected chi connectivity index (χ4v) is 3.75. The second kappa shape index (κ2) is 10.9. The van der Waals surface area contributed by atoms with Crippen LogP contribution in [0.2, 0.25) is 5.02 Å². The van der Waals surface area contributed by atoms with Gasteiger partial charge in [-0.25, -0.2) is 19.2 Å². The molecule has 0 saturated carbocycles. The van der Waals surface area contributed by atoms with E-state index < -0.39 is 17.5 Å². The molecule has 12 heteroatoms. The molecule has 1 unspecified atom stereocenters. The largest absolute Gasteiger partial charge is 0.444 e. The van der Waals surface area contributed by atoms with Gasteiger partial charge in [-0.3, -0.25) is 4.90 Å². The monoisotopic (exact) mass is 592 g/mol. The third-order valence-corrected chi connectivity index (χ3v) is 5.62. The number of allylic oxidation sites excluding steroid dienone is 1. The molecule has 3 heterocycles. The number of morpholine rings is 1. The lowest BCUT2D eigenvalue weighted by atomic mass is 10.2. The molecule has 1 fully saturated rings. The van der Waals surface area contributed by atoms with Crippen molar-refractivity contribution in [2.45, 2.75) is 32.4 Å². The molecule has 1 saturated heterocycles. The number of aliphatic imine (C=N–C) groups is 1. The van der Waals surface area contributed by atoms with Gasteiger partial charge in [-0.1, -0.05) is 34.2 Å². The summed E-state index contributed by atoms with van der Waals surface area (Å²) >= 11 is 7.96. The number of amides is 1. The maximum Gasteiger partial charge on any atom is 0.410 e. The molecule has 0 radical (unpaired) electrons. The number of nitrogens with one attached hydrogen (secondary N) is 2. The maximum atomic E-state index is 14.7. The van der Waals surface area contributed by atoms with Gasteiger partial charge < -0.3 is 25.5 Å². The molecule has 4 N–H and O–H groups in total. The lowest BCUT2D eigenvalue weighted by Gasteiger charge is -2.36. The molecule has 33 heavy (non-hydrogen) atoms. The number of carbonyl (C=O) groups is 1. The number of hydrogen-bond acceptors (Lipinski definition) is 6. The Morgan fingerprint density at radius 1 is 1.55 bits per heavy atom. The van der Waals surface area contributed by atoms with E-state index in [1.54, 1.807) is 37.9 Å². The predicted molar refractivity (Wildman–Crippen MR) is 134 cm³/mol. The highest BCUT2D eigenvalue weighted by Crippen LogP contribution is 2.21. The minimum atomic E-state index is -0.623. The van der Waals surface area contributed by atoms with Crippen LogP contribution in [0.4, 0.5) is 9.18 Å². The molecule has 3 rings (SSSR count). The van der Waals surface area contributed by atoms with Crippen LogP contribution in [0.1, 0.15) is 26.3 Å². The van der Waals surface area contributed by atoms with Gasteiger partial charge >= 0.3 is 6.09 Å². The highest BCUT2D eigenvalue weighted by molar-refractivity contribution is 14.1. The Bertz CT molecular complexity index is 1070. The number of aromatic nitrogens is 2. The molecule has 0 spiro atoms. The number of amidine groups is 1. The highest BCUT2D eigenvalue weighted by Gasteiger charge is 2.31. The van der Waals surface area contributed by atoms with E-state index in [2.05, 4.69) is 20.3 Å². The number of alkyl halides is 1. The molecule has 9 nitrogen and oxygen atoms in total. The van der Waals surface area contributed by atoms with Gasteiger partial charge in [0.05, 0.1) is 28.7 Å². The summed E-state index contributed by atoms with van der Waals surface area (Å²) in [5, 5.41) is 4.11. The van der Waals surface area contributed by atoms with Crippen molar-refractivity contribution < 1.29 is 18.7 Å². The van der Waals surface area contributed by atoms with Crippen LogP contribution in [0.5, 0.6) is 0 Å². The smallest absolute Gasteiger partial charge is 0.410 e. The number of nitrogens with zero attached hydrogens (tertiary/aromatic N) is 3. The number of carbonyl (C=O) groups excluding carboxylic acids is 1. The third kappa shape index (κ3) is 6.70. The number of pyridine rings is 1. The second-order valence-electron chi connectivity index (χ2n) is 8.42. The Morgan fingerprint density at radius 2 is 2.30 bits per heavy atom. The van der Waals surface area contributed by atoms with Gasteiger partial charge in [-0.05, 0) is 26.8 Å². The van der Waals surface area contributed by atoms with E-state index >= 15 is 0 Å². The van der Waals surface area contributed by atoms with Crippen molar-refractivity contribution in [2.75, 3.05) is 30.7 Å². The molecule has 2 aromatic rings. The van der Waals surface area contributed by atoms with Gasteiger partial charge in [0.2, 0.25) is 0 Å². The standard InChI is InChI=1S/C21H27ClFIN6O3/c1-21(2,3)33-20(31)30-4-5-32-11-13(30)9-27-19(16(23)7-24)29-17(25)15-10-28-18-14(15)6-12(22)8-26-18/h6,8,10,13,27H,4-5,7,9,11H2,1-3H3,(H2,25,29)(H,26,28)/b19-16+. The van der Waals surface area contributed by atoms with Crippen LogP contribution in [0, 0.1) is 0 Å². The van der Waals surface area contributed by atoms with Crippen molar-refractivity contribution in [3.63, 3.8) is 0 Å². The van der Waals surface area contributed by atoms with Crippen molar-refractivity contribution >= 4 is 57.2 Å². The van der Waals surface area contributed by atoms with Gasteiger partial charge in [-0.15, -0.1) is 0 Å². The molecular weight excluding hydrogens is 566 g/mol. The molecular formula is C21H27ClFIN6O3. The third-order valence-electron chi connectivity index (χ3n) is 4.74. The molecule has 1 aliphatic rings. The minimum absolute atomic E-state index is 0.0130. The fraction of sp³-hybridized carbons (Fsp3) is 0.476. The Balaban J connectivity index is 1.79. The quantitative estimate of drug-likeness (QED) is 0.204. The van der Waals surface area contributed by atoms with E-state index in [0.717, 1.165) is 0 Å². The van der Waals surface area contributed by atoms with Crippen molar-refractivity contribution in [1.82, 2.24) is 20.2 Å². The Morgan fingerprint density at radius 3 is 3.00 bits per heavy atom. The predicted octanol–water partition coefficient (Wildman–Crippen LogP) is 3.72. The first kappa shape index (κ1) is 25.5. The van der Waals surface area contributed by atoms with Gasteiger partial charge in [0.1, 0.15) is 17.1 Å². The summed E-state index contributed by atoms with van der Waals surface area (Å²) in [6, 6.07) is 1.35. The average molecular weight is 593 g/mol. The van der Waals surface area contributed by atoms with Crippen LogP contribution in [0.25, 0.3) is 11.0 Å². The molecule has 0 aliphatic carbocycles. The van der Waals surface area contributed by atoms with E-state index in [1.807, 2.05) is 22.6 Å². The minimum Gasteiger partial charge on any atom is -0.444 e. The highest BCUT2D eigenvalue weighted by atomic mass is 127. The zero-order valence-electron chi connectivity index (χ0n) is 18.6. The number of aromatic amines is 1. The van der Waals surface area contributed by atoms with Gasteiger partial charge in [-0.2, -0.15) is 0 Å². The maximum absolute atomic E-state index is 14.7.